The third kappa shape index (κ3) is 2.73. The maximum absolute atomic E-state index is 6.34. The van der Waals surface area contributed by atoms with Gasteiger partial charge in [-0.15, -0.1) is 0 Å². The predicted molar refractivity (Wildman–Crippen MR) is 98.0 cm³/mol. The number of hydrogen-bond donors (Lipinski definition) is 1. The molecule has 0 unspecified atom stereocenters. The number of para-hydroxylation sites is 1. The number of pyridine rings is 1. The van der Waals surface area contributed by atoms with Crippen LogP contribution in [-0.2, 0) is 6.54 Å². The van der Waals surface area contributed by atoms with Crippen molar-refractivity contribution in [1.82, 2.24) is 4.98 Å². The molecule has 0 amide bonds. The van der Waals surface area contributed by atoms with E-state index in [0.717, 1.165) is 22.2 Å². The van der Waals surface area contributed by atoms with Gasteiger partial charge in [0.15, 0.2) is 0 Å². The Morgan fingerprint density at radius 1 is 0.826 bits per heavy atom. The molecule has 0 aliphatic heterocycles. The number of anilines is 1. The van der Waals surface area contributed by atoms with Crippen LogP contribution in [0.5, 0.6) is 0 Å². The van der Waals surface area contributed by atoms with E-state index in [1.54, 1.807) is 0 Å². The van der Waals surface area contributed by atoms with Gasteiger partial charge in [-0.3, -0.25) is 0 Å². The van der Waals surface area contributed by atoms with E-state index in [2.05, 4.69) is 64.9 Å². The minimum atomic E-state index is 0.552. The zero-order valence-electron chi connectivity index (χ0n) is 12.5. The van der Waals surface area contributed by atoms with Crippen molar-refractivity contribution in [2.75, 3.05) is 5.32 Å². The van der Waals surface area contributed by atoms with Gasteiger partial charge in [-0.2, -0.15) is 0 Å². The molecule has 0 aliphatic carbocycles. The third-order valence-electron chi connectivity index (χ3n) is 4.01. The molecule has 112 valence electrons. The van der Waals surface area contributed by atoms with Gasteiger partial charge in [0.2, 0.25) is 0 Å². The van der Waals surface area contributed by atoms with Crippen molar-refractivity contribution < 1.29 is 0 Å². The average Bonchev–Trinajstić information content (AvgIpc) is 2.60. The Bertz CT molecular complexity index is 990. The molecule has 1 N–H and O–H groups in total. The van der Waals surface area contributed by atoms with Gasteiger partial charge in [-0.05, 0) is 23.6 Å². The van der Waals surface area contributed by atoms with Crippen LogP contribution < -0.4 is 5.32 Å². The number of halogens is 1. The fraction of sp³-hybridized carbons (Fsp3) is 0.0500. The number of fused-ring (bicyclic) bond motifs is 2. The minimum absolute atomic E-state index is 0.552. The highest BCUT2D eigenvalue weighted by Crippen LogP contribution is 2.25. The summed E-state index contributed by atoms with van der Waals surface area (Å²) in [6.07, 6.45) is 0. The lowest BCUT2D eigenvalue weighted by Gasteiger charge is -2.11. The van der Waals surface area contributed by atoms with Crippen LogP contribution in [-0.4, -0.2) is 4.98 Å². The molecule has 0 saturated heterocycles. The van der Waals surface area contributed by atoms with Crippen LogP contribution >= 0.6 is 11.6 Å². The number of rotatable bonds is 3. The number of hydrogen-bond acceptors (Lipinski definition) is 2. The molecule has 23 heavy (non-hydrogen) atoms. The number of nitrogens with one attached hydrogen (secondary N) is 1. The van der Waals surface area contributed by atoms with Crippen molar-refractivity contribution in [2.24, 2.45) is 0 Å². The second-order valence-electron chi connectivity index (χ2n) is 5.51. The first kappa shape index (κ1) is 14.0. The highest BCUT2D eigenvalue weighted by atomic mass is 35.5. The molecule has 4 aromatic rings. The van der Waals surface area contributed by atoms with E-state index in [-0.39, 0.29) is 0 Å². The number of benzene rings is 3. The third-order valence-corrected chi connectivity index (χ3v) is 4.34. The van der Waals surface area contributed by atoms with Crippen LogP contribution in [0.1, 0.15) is 5.56 Å². The average molecular weight is 319 g/mol. The lowest BCUT2D eigenvalue weighted by atomic mass is 10.1. The van der Waals surface area contributed by atoms with E-state index in [4.69, 9.17) is 11.6 Å². The molecule has 0 saturated carbocycles. The summed E-state index contributed by atoms with van der Waals surface area (Å²) >= 11 is 6.34. The molecule has 2 nitrogen and oxygen atoms in total. The summed E-state index contributed by atoms with van der Waals surface area (Å²) in [7, 11) is 0. The van der Waals surface area contributed by atoms with Gasteiger partial charge in [-0.25, -0.2) is 4.98 Å². The van der Waals surface area contributed by atoms with Gasteiger partial charge in [0.1, 0.15) is 5.15 Å². The molecule has 1 aromatic heterocycles. The standard InChI is InChI=1S/C20H15ClN2/c21-20-16(12-15-7-2-4-10-18(15)23-20)13-22-19-11-5-8-14-6-1-3-9-17(14)19/h1-12,22H,13H2. The van der Waals surface area contributed by atoms with E-state index >= 15 is 0 Å². The van der Waals surface area contributed by atoms with Crippen molar-refractivity contribution in [2.45, 2.75) is 6.54 Å². The van der Waals surface area contributed by atoms with E-state index in [0.29, 0.717) is 11.7 Å². The van der Waals surface area contributed by atoms with E-state index < -0.39 is 0 Å². The summed E-state index contributed by atoms with van der Waals surface area (Å²) in [6, 6.07) is 24.7. The quantitative estimate of drug-likeness (QED) is 0.493. The highest BCUT2D eigenvalue weighted by Gasteiger charge is 2.06. The summed E-state index contributed by atoms with van der Waals surface area (Å²) in [5.74, 6) is 0. The van der Waals surface area contributed by atoms with Crippen LogP contribution in [0.4, 0.5) is 5.69 Å². The molecule has 0 aliphatic rings. The van der Waals surface area contributed by atoms with Crippen LogP contribution in [0.15, 0.2) is 72.8 Å². The van der Waals surface area contributed by atoms with Gasteiger partial charge in [-0.1, -0.05) is 66.2 Å². The predicted octanol–water partition coefficient (Wildman–Crippen LogP) is 5.65. The molecular formula is C20H15ClN2. The lowest BCUT2D eigenvalue weighted by molar-refractivity contribution is 1.13. The fourth-order valence-corrected chi connectivity index (χ4v) is 3.04. The summed E-state index contributed by atoms with van der Waals surface area (Å²) in [4.78, 5) is 4.48. The zero-order valence-corrected chi connectivity index (χ0v) is 13.2. The Balaban J connectivity index is 1.67. The topological polar surface area (TPSA) is 24.9 Å². The van der Waals surface area contributed by atoms with Crippen molar-refractivity contribution in [3.05, 3.63) is 83.5 Å². The van der Waals surface area contributed by atoms with Gasteiger partial charge in [0.05, 0.1) is 5.52 Å². The molecule has 1 heterocycles. The summed E-state index contributed by atoms with van der Waals surface area (Å²) in [5.41, 5.74) is 3.03. The zero-order chi connectivity index (χ0) is 15.6. The Morgan fingerprint density at radius 2 is 1.57 bits per heavy atom. The number of nitrogens with zero attached hydrogens (tertiary/aromatic N) is 1. The Hall–Kier alpha value is -2.58. The van der Waals surface area contributed by atoms with Crippen molar-refractivity contribution in [1.29, 1.82) is 0 Å². The first-order valence-electron chi connectivity index (χ1n) is 7.57. The molecule has 0 fully saturated rings. The maximum atomic E-state index is 6.34. The monoisotopic (exact) mass is 318 g/mol. The van der Waals surface area contributed by atoms with Gasteiger partial charge >= 0.3 is 0 Å². The SMILES string of the molecule is Clc1nc2ccccc2cc1CNc1cccc2ccccc12. The normalized spacial score (nSPS) is 11.0. The molecule has 3 aromatic carbocycles. The second kappa shape index (κ2) is 5.90. The van der Waals surface area contributed by atoms with Crippen LogP contribution in [0, 0.1) is 0 Å². The van der Waals surface area contributed by atoms with Crippen molar-refractivity contribution >= 4 is 39.0 Å². The molecule has 0 bridgehead atoms. The summed E-state index contributed by atoms with van der Waals surface area (Å²) in [5, 5.41) is 7.57. The molecule has 0 spiro atoms. The Morgan fingerprint density at radius 3 is 2.48 bits per heavy atom. The molecule has 3 heteroatoms. The van der Waals surface area contributed by atoms with E-state index in [1.807, 2.05) is 18.2 Å². The Labute approximate surface area is 139 Å². The van der Waals surface area contributed by atoms with Gasteiger partial charge in [0, 0.05) is 28.6 Å². The molecule has 4 rings (SSSR count). The fourth-order valence-electron chi connectivity index (χ4n) is 2.83. The largest absolute Gasteiger partial charge is 0.380 e. The molecule has 0 atom stereocenters. The van der Waals surface area contributed by atoms with Gasteiger partial charge < -0.3 is 5.32 Å². The summed E-state index contributed by atoms with van der Waals surface area (Å²) < 4.78 is 0. The van der Waals surface area contributed by atoms with Crippen LogP contribution in [0.2, 0.25) is 5.15 Å². The molecular weight excluding hydrogens is 304 g/mol. The smallest absolute Gasteiger partial charge is 0.134 e. The second-order valence-corrected chi connectivity index (χ2v) is 5.87. The van der Waals surface area contributed by atoms with E-state index in [1.165, 1.54) is 10.8 Å². The summed E-state index contributed by atoms with van der Waals surface area (Å²) in [6.45, 7) is 0.644. The highest BCUT2D eigenvalue weighted by molar-refractivity contribution is 6.30. The lowest BCUT2D eigenvalue weighted by Crippen LogP contribution is -2.01. The molecule has 0 radical (unpaired) electrons. The number of aromatic nitrogens is 1. The van der Waals surface area contributed by atoms with Crippen molar-refractivity contribution in [3.8, 4) is 0 Å². The first-order valence-corrected chi connectivity index (χ1v) is 7.95. The van der Waals surface area contributed by atoms with Crippen LogP contribution in [0.3, 0.4) is 0 Å². The van der Waals surface area contributed by atoms with Crippen molar-refractivity contribution in [3.63, 3.8) is 0 Å². The van der Waals surface area contributed by atoms with Gasteiger partial charge in [0.25, 0.3) is 0 Å². The maximum Gasteiger partial charge on any atom is 0.134 e. The Kier molecular flexibility index (Phi) is 3.60. The van der Waals surface area contributed by atoms with E-state index in [9.17, 15) is 0 Å². The minimum Gasteiger partial charge on any atom is -0.380 e. The first-order chi connectivity index (χ1) is 11.3. The van der Waals surface area contributed by atoms with Crippen LogP contribution in [0.25, 0.3) is 21.7 Å².